The van der Waals surface area contributed by atoms with Gasteiger partial charge in [-0.3, -0.25) is 4.90 Å². The molecule has 0 radical (unpaired) electrons. The molecule has 1 aromatic carbocycles. The van der Waals surface area contributed by atoms with E-state index >= 15 is 0 Å². The molecule has 112 valence electrons. The highest BCUT2D eigenvalue weighted by molar-refractivity contribution is 5.14. The molecule has 3 nitrogen and oxygen atoms in total. The highest BCUT2D eigenvalue weighted by Gasteiger charge is 2.23. The van der Waals surface area contributed by atoms with Gasteiger partial charge in [-0.25, -0.2) is 4.98 Å². The van der Waals surface area contributed by atoms with Crippen LogP contribution in [0, 0.1) is 6.92 Å². The van der Waals surface area contributed by atoms with Crippen molar-refractivity contribution in [2.24, 2.45) is 0 Å². The van der Waals surface area contributed by atoms with Gasteiger partial charge in [0.1, 0.15) is 6.26 Å². The predicted octanol–water partition coefficient (Wildman–Crippen LogP) is 3.97. The first-order valence-corrected chi connectivity index (χ1v) is 8.00. The molecule has 1 atom stereocenters. The number of rotatable bonds is 5. The molecule has 1 saturated heterocycles. The summed E-state index contributed by atoms with van der Waals surface area (Å²) in [6, 6.07) is 11.5. The van der Waals surface area contributed by atoms with Crippen LogP contribution in [0.5, 0.6) is 0 Å². The second-order valence-electron chi connectivity index (χ2n) is 6.00. The van der Waals surface area contributed by atoms with Gasteiger partial charge in [0.2, 0.25) is 0 Å². The van der Waals surface area contributed by atoms with Crippen LogP contribution < -0.4 is 0 Å². The van der Waals surface area contributed by atoms with Gasteiger partial charge in [0.05, 0.1) is 5.69 Å². The Morgan fingerprint density at radius 3 is 2.86 bits per heavy atom. The van der Waals surface area contributed by atoms with Crippen LogP contribution >= 0.6 is 0 Å². The van der Waals surface area contributed by atoms with Gasteiger partial charge >= 0.3 is 0 Å². The number of oxazole rings is 1. The monoisotopic (exact) mass is 284 g/mol. The Morgan fingerprint density at radius 1 is 1.24 bits per heavy atom. The number of nitrogens with zero attached hydrogens (tertiary/aromatic N) is 2. The quantitative estimate of drug-likeness (QED) is 0.832. The van der Waals surface area contributed by atoms with Crippen LogP contribution in [0.4, 0.5) is 0 Å². The van der Waals surface area contributed by atoms with Crippen molar-refractivity contribution in [3.8, 4) is 0 Å². The summed E-state index contributed by atoms with van der Waals surface area (Å²) in [5, 5.41) is 0. The molecule has 3 heteroatoms. The van der Waals surface area contributed by atoms with Crippen molar-refractivity contribution < 1.29 is 4.42 Å². The summed E-state index contributed by atoms with van der Waals surface area (Å²) < 4.78 is 5.33. The van der Waals surface area contributed by atoms with Crippen LogP contribution in [-0.2, 0) is 13.0 Å². The Kier molecular flexibility index (Phi) is 4.71. The van der Waals surface area contributed by atoms with Gasteiger partial charge in [-0.05, 0) is 37.8 Å². The van der Waals surface area contributed by atoms with E-state index in [1.807, 2.05) is 6.92 Å². The second kappa shape index (κ2) is 6.90. The fraction of sp³-hybridized carbons (Fsp3) is 0.500. The van der Waals surface area contributed by atoms with Gasteiger partial charge in [0.15, 0.2) is 5.89 Å². The van der Waals surface area contributed by atoms with Gasteiger partial charge in [-0.2, -0.15) is 0 Å². The van der Waals surface area contributed by atoms with Crippen molar-refractivity contribution in [2.75, 3.05) is 6.54 Å². The maximum Gasteiger partial charge on any atom is 0.191 e. The normalized spacial score (nSPS) is 19.8. The number of hydrogen-bond donors (Lipinski definition) is 0. The van der Waals surface area contributed by atoms with E-state index in [2.05, 4.69) is 40.2 Å². The molecule has 0 N–H and O–H groups in total. The largest absolute Gasteiger partial charge is 0.449 e. The molecule has 0 saturated carbocycles. The summed E-state index contributed by atoms with van der Waals surface area (Å²) in [6.45, 7) is 4.02. The number of hydrogen-bond acceptors (Lipinski definition) is 3. The van der Waals surface area contributed by atoms with Crippen molar-refractivity contribution in [3.05, 3.63) is 53.7 Å². The van der Waals surface area contributed by atoms with E-state index < -0.39 is 0 Å². The average Bonchev–Trinajstić information content (AvgIpc) is 2.93. The minimum atomic E-state index is 0.677. The molecule has 2 aromatic rings. The van der Waals surface area contributed by atoms with Gasteiger partial charge in [0.25, 0.3) is 0 Å². The molecule has 1 aromatic heterocycles. The first kappa shape index (κ1) is 14.3. The summed E-state index contributed by atoms with van der Waals surface area (Å²) in [6.07, 6.45) is 8.18. The Morgan fingerprint density at radius 2 is 2.10 bits per heavy atom. The average molecular weight is 284 g/mol. The van der Waals surface area contributed by atoms with Crippen LogP contribution in [0.1, 0.15) is 42.8 Å². The third-order valence-electron chi connectivity index (χ3n) is 4.39. The molecule has 21 heavy (non-hydrogen) atoms. The highest BCUT2D eigenvalue weighted by Crippen LogP contribution is 2.23. The van der Waals surface area contributed by atoms with E-state index in [1.54, 1.807) is 6.26 Å². The summed E-state index contributed by atoms with van der Waals surface area (Å²) in [5.74, 6) is 0.767. The maximum absolute atomic E-state index is 5.33. The zero-order chi connectivity index (χ0) is 14.5. The van der Waals surface area contributed by atoms with E-state index in [0.29, 0.717) is 6.04 Å². The van der Waals surface area contributed by atoms with Gasteiger partial charge in [-0.1, -0.05) is 36.8 Å². The lowest BCUT2D eigenvalue weighted by molar-refractivity contribution is 0.131. The molecule has 1 aliphatic heterocycles. The predicted molar refractivity (Wildman–Crippen MR) is 84.1 cm³/mol. The van der Waals surface area contributed by atoms with Crippen molar-refractivity contribution in [3.63, 3.8) is 0 Å². The fourth-order valence-electron chi connectivity index (χ4n) is 3.26. The van der Waals surface area contributed by atoms with Crippen LogP contribution in [0.15, 0.2) is 41.0 Å². The van der Waals surface area contributed by atoms with Crippen LogP contribution in [0.25, 0.3) is 0 Å². The van der Waals surface area contributed by atoms with Crippen molar-refractivity contribution in [2.45, 2.75) is 51.6 Å². The minimum Gasteiger partial charge on any atom is -0.449 e. The van der Waals surface area contributed by atoms with E-state index in [1.165, 1.54) is 44.2 Å². The summed E-state index contributed by atoms with van der Waals surface area (Å²) in [4.78, 5) is 7.04. The Balaban J connectivity index is 1.59. The lowest BCUT2D eigenvalue weighted by Crippen LogP contribution is -2.39. The SMILES string of the molecule is Cc1nc(CN2CCCC[C@@H]2CCc2ccccc2)co1. The van der Waals surface area contributed by atoms with Gasteiger partial charge < -0.3 is 4.42 Å². The van der Waals surface area contributed by atoms with Crippen LogP contribution in [0.3, 0.4) is 0 Å². The molecule has 0 amide bonds. The van der Waals surface area contributed by atoms with Gasteiger partial charge in [0, 0.05) is 19.5 Å². The van der Waals surface area contributed by atoms with E-state index in [0.717, 1.165) is 18.1 Å². The number of likely N-dealkylation sites (tertiary alicyclic amines) is 1. The molecule has 0 unspecified atom stereocenters. The molecule has 0 bridgehead atoms. The zero-order valence-corrected chi connectivity index (χ0v) is 12.8. The van der Waals surface area contributed by atoms with Crippen molar-refractivity contribution >= 4 is 0 Å². The first-order chi connectivity index (χ1) is 10.3. The summed E-state index contributed by atoms with van der Waals surface area (Å²) in [7, 11) is 0. The van der Waals surface area contributed by atoms with Crippen LogP contribution in [0.2, 0.25) is 0 Å². The van der Waals surface area contributed by atoms with E-state index in [9.17, 15) is 0 Å². The first-order valence-electron chi connectivity index (χ1n) is 8.00. The minimum absolute atomic E-state index is 0.677. The molecule has 1 aliphatic rings. The lowest BCUT2D eigenvalue weighted by atomic mass is 9.95. The molecule has 0 spiro atoms. The molecule has 1 fully saturated rings. The maximum atomic E-state index is 5.33. The van der Waals surface area contributed by atoms with Crippen molar-refractivity contribution in [1.29, 1.82) is 0 Å². The number of piperidine rings is 1. The topological polar surface area (TPSA) is 29.3 Å². The molecular weight excluding hydrogens is 260 g/mol. The third-order valence-corrected chi connectivity index (χ3v) is 4.39. The third kappa shape index (κ3) is 3.94. The fourth-order valence-corrected chi connectivity index (χ4v) is 3.26. The Bertz CT molecular complexity index is 549. The molecule has 3 rings (SSSR count). The van der Waals surface area contributed by atoms with Crippen LogP contribution in [-0.4, -0.2) is 22.5 Å². The number of aromatic nitrogens is 1. The van der Waals surface area contributed by atoms with E-state index in [-0.39, 0.29) is 0 Å². The van der Waals surface area contributed by atoms with Crippen molar-refractivity contribution in [1.82, 2.24) is 9.88 Å². The molecule has 2 heterocycles. The number of aryl methyl sites for hydroxylation is 2. The zero-order valence-electron chi connectivity index (χ0n) is 12.8. The highest BCUT2D eigenvalue weighted by atomic mass is 16.3. The number of benzene rings is 1. The molecule has 0 aliphatic carbocycles. The Hall–Kier alpha value is -1.61. The molecular formula is C18H24N2O. The second-order valence-corrected chi connectivity index (χ2v) is 6.00. The standard InChI is InChI=1S/C18H24N2O/c1-15-19-17(14-21-15)13-20-12-6-5-9-18(20)11-10-16-7-3-2-4-8-16/h2-4,7-8,14,18H,5-6,9-13H2,1H3/t18-/m1/s1. The summed E-state index contributed by atoms with van der Waals surface area (Å²) in [5.41, 5.74) is 2.51. The Labute approximate surface area is 127 Å². The van der Waals surface area contributed by atoms with Gasteiger partial charge in [-0.15, -0.1) is 0 Å². The van der Waals surface area contributed by atoms with E-state index in [4.69, 9.17) is 4.42 Å². The summed E-state index contributed by atoms with van der Waals surface area (Å²) >= 11 is 0. The smallest absolute Gasteiger partial charge is 0.191 e. The lowest BCUT2D eigenvalue weighted by Gasteiger charge is -2.35.